The summed E-state index contributed by atoms with van der Waals surface area (Å²) in [5, 5.41) is 12.7. The van der Waals surface area contributed by atoms with E-state index < -0.39 is 0 Å². The molecule has 5 rings (SSSR count). The fourth-order valence-electron chi connectivity index (χ4n) is 4.14. The summed E-state index contributed by atoms with van der Waals surface area (Å²) in [7, 11) is 0. The highest BCUT2D eigenvalue weighted by Gasteiger charge is 2.23. The first kappa shape index (κ1) is 19.5. The Morgan fingerprint density at radius 1 is 1.10 bits per heavy atom. The van der Waals surface area contributed by atoms with Crippen LogP contribution in [0, 0.1) is 0 Å². The van der Waals surface area contributed by atoms with Gasteiger partial charge < -0.3 is 9.55 Å². The van der Waals surface area contributed by atoms with Gasteiger partial charge in [-0.3, -0.25) is 4.79 Å². The number of H-pyrrole nitrogens is 1. The third-order valence-electron chi connectivity index (χ3n) is 5.59. The molecule has 0 amide bonds. The fourth-order valence-corrected chi connectivity index (χ4v) is 5.73. The number of thiophene rings is 1. The lowest BCUT2D eigenvalue weighted by atomic mass is 9.95. The standard InChI is InChI=1S/C22H23N5OS2/c28-21-17-10-4-5-11-18(17)23-19(24-21)14-30-22-26-25-20(13-16-9-6-12-29-16)27(22)15-7-2-1-3-8-15/h4-6,9-12,15H,1-3,7-8,13-14H2,(H,23,24,28). The van der Waals surface area contributed by atoms with Gasteiger partial charge in [-0.1, -0.05) is 49.2 Å². The van der Waals surface area contributed by atoms with E-state index in [-0.39, 0.29) is 5.56 Å². The van der Waals surface area contributed by atoms with Crippen molar-refractivity contribution in [3.05, 3.63) is 68.7 Å². The lowest BCUT2D eigenvalue weighted by Gasteiger charge is -2.25. The second-order valence-corrected chi connectivity index (χ2v) is 9.61. The molecule has 4 aromatic rings. The van der Waals surface area contributed by atoms with Gasteiger partial charge in [-0.05, 0) is 36.4 Å². The molecule has 0 saturated heterocycles. The first-order valence-electron chi connectivity index (χ1n) is 10.3. The summed E-state index contributed by atoms with van der Waals surface area (Å²) in [6.07, 6.45) is 6.98. The monoisotopic (exact) mass is 437 g/mol. The molecule has 6 nitrogen and oxygen atoms in total. The Bertz CT molecular complexity index is 1190. The summed E-state index contributed by atoms with van der Waals surface area (Å²) >= 11 is 3.36. The highest BCUT2D eigenvalue weighted by Crippen LogP contribution is 2.34. The summed E-state index contributed by atoms with van der Waals surface area (Å²) < 4.78 is 2.35. The second kappa shape index (κ2) is 8.73. The molecule has 154 valence electrons. The molecule has 8 heteroatoms. The van der Waals surface area contributed by atoms with Crippen LogP contribution >= 0.6 is 23.1 Å². The summed E-state index contributed by atoms with van der Waals surface area (Å²) in [5.74, 6) is 2.26. The molecular weight excluding hydrogens is 414 g/mol. The van der Waals surface area contributed by atoms with Crippen LogP contribution in [-0.4, -0.2) is 24.7 Å². The lowest BCUT2D eigenvalue weighted by Crippen LogP contribution is -2.17. The molecular formula is C22H23N5OS2. The zero-order valence-electron chi connectivity index (χ0n) is 16.6. The summed E-state index contributed by atoms with van der Waals surface area (Å²) in [6.45, 7) is 0. The number of para-hydroxylation sites is 1. The van der Waals surface area contributed by atoms with E-state index in [0.717, 1.165) is 22.9 Å². The second-order valence-electron chi connectivity index (χ2n) is 7.64. The lowest BCUT2D eigenvalue weighted by molar-refractivity contribution is 0.330. The van der Waals surface area contributed by atoms with Crippen molar-refractivity contribution in [1.82, 2.24) is 24.7 Å². The Hall–Kier alpha value is -2.45. The van der Waals surface area contributed by atoms with E-state index in [9.17, 15) is 4.79 Å². The molecule has 3 aromatic heterocycles. The smallest absolute Gasteiger partial charge is 0.258 e. The first-order chi connectivity index (χ1) is 14.8. The molecule has 0 bridgehead atoms. The van der Waals surface area contributed by atoms with Gasteiger partial charge in [0.15, 0.2) is 5.16 Å². The number of rotatable bonds is 6. The molecule has 1 N–H and O–H groups in total. The topological polar surface area (TPSA) is 76.5 Å². The van der Waals surface area contributed by atoms with Gasteiger partial charge in [-0.15, -0.1) is 21.5 Å². The molecule has 1 aromatic carbocycles. The van der Waals surface area contributed by atoms with Crippen molar-refractivity contribution in [2.75, 3.05) is 0 Å². The number of aromatic amines is 1. The number of hydrogen-bond donors (Lipinski definition) is 1. The number of nitrogens with one attached hydrogen (secondary N) is 1. The number of nitrogens with zero attached hydrogens (tertiary/aromatic N) is 4. The number of benzene rings is 1. The van der Waals surface area contributed by atoms with Crippen molar-refractivity contribution in [1.29, 1.82) is 0 Å². The Kier molecular flexibility index (Phi) is 5.68. The number of thioether (sulfide) groups is 1. The molecule has 1 aliphatic rings. The molecule has 3 heterocycles. The summed E-state index contributed by atoms with van der Waals surface area (Å²) in [4.78, 5) is 21.2. The molecule has 0 aliphatic heterocycles. The van der Waals surface area contributed by atoms with Crippen molar-refractivity contribution >= 4 is 34.0 Å². The molecule has 0 spiro atoms. The van der Waals surface area contributed by atoms with Crippen molar-refractivity contribution in [2.24, 2.45) is 0 Å². The molecule has 0 unspecified atom stereocenters. The van der Waals surface area contributed by atoms with E-state index in [0.29, 0.717) is 23.0 Å². The third kappa shape index (κ3) is 4.06. The highest BCUT2D eigenvalue weighted by molar-refractivity contribution is 7.98. The van der Waals surface area contributed by atoms with Crippen molar-refractivity contribution in [3.63, 3.8) is 0 Å². The minimum Gasteiger partial charge on any atom is -0.309 e. The van der Waals surface area contributed by atoms with Gasteiger partial charge in [-0.2, -0.15) is 0 Å². The van der Waals surface area contributed by atoms with Crippen molar-refractivity contribution in [3.8, 4) is 0 Å². The van der Waals surface area contributed by atoms with Gasteiger partial charge >= 0.3 is 0 Å². The van der Waals surface area contributed by atoms with Gasteiger partial charge in [0.1, 0.15) is 11.6 Å². The average Bonchev–Trinajstić information content (AvgIpc) is 3.43. The quantitative estimate of drug-likeness (QED) is 0.431. The van der Waals surface area contributed by atoms with Crippen molar-refractivity contribution < 1.29 is 0 Å². The summed E-state index contributed by atoms with van der Waals surface area (Å²) in [6, 6.07) is 12.1. The van der Waals surface area contributed by atoms with E-state index >= 15 is 0 Å². The van der Waals surface area contributed by atoms with Crippen LogP contribution in [0.3, 0.4) is 0 Å². The number of fused-ring (bicyclic) bond motifs is 1. The van der Waals surface area contributed by atoms with Crippen LogP contribution in [0.5, 0.6) is 0 Å². The normalized spacial score (nSPS) is 15.1. The van der Waals surface area contributed by atoms with Crippen LogP contribution in [-0.2, 0) is 12.2 Å². The molecule has 1 saturated carbocycles. The van der Waals surface area contributed by atoms with Crippen LogP contribution in [0.25, 0.3) is 10.9 Å². The molecule has 0 atom stereocenters. The maximum Gasteiger partial charge on any atom is 0.258 e. The zero-order valence-corrected chi connectivity index (χ0v) is 18.2. The van der Waals surface area contributed by atoms with Crippen LogP contribution < -0.4 is 5.56 Å². The van der Waals surface area contributed by atoms with Crippen LogP contribution in [0.1, 0.15) is 54.7 Å². The van der Waals surface area contributed by atoms with Gasteiger partial charge in [0.05, 0.1) is 16.7 Å². The average molecular weight is 438 g/mol. The van der Waals surface area contributed by atoms with Crippen LogP contribution in [0.15, 0.2) is 51.7 Å². The van der Waals surface area contributed by atoms with E-state index in [1.165, 1.54) is 37.0 Å². The van der Waals surface area contributed by atoms with Crippen LogP contribution in [0.4, 0.5) is 0 Å². The third-order valence-corrected chi connectivity index (χ3v) is 7.42. The van der Waals surface area contributed by atoms with Gasteiger partial charge in [0.2, 0.25) is 0 Å². The van der Waals surface area contributed by atoms with Gasteiger partial charge in [-0.25, -0.2) is 4.98 Å². The van der Waals surface area contributed by atoms with Gasteiger partial charge in [0.25, 0.3) is 5.56 Å². The minimum atomic E-state index is -0.0941. The zero-order chi connectivity index (χ0) is 20.3. The summed E-state index contributed by atoms with van der Waals surface area (Å²) in [5.41, 5.74) is 0.632. The maximum absolute atomic E-state index is 12.4. The van der Waals surface area contributed by atoms with E-state index in [4.69, 9.17) is 0 Å². The Balaban J connectivity index is 1.42. The fraction of sp³-hybridized carbons (Fsp3) is 0.364. The Morgan fingerprint density at radius 2 is 1.97 bits per heavy atom. The molecule has 1 fully saturated rings. The highest BCUT2D eigenvalue weighted by atomic mass is 32.2. The number of aromatic nitrogens is 5. The predicted molar refractivity (Wildman–Crippen MR) is 121 cm³/mol. The van der Waals surface area contributed by atoms with Gasteiger partial charge in [0, 0.05) is 17.3 Å². The molecule has 30 heavy (non-hydrogen) atoms. The molecule has 0 radical (unpaired) electrons. The minimum absolute atomic E-state index is 0.0941. The predicted octanol–water partition coefficient (Wildman–Crippen LogP) is 4.96. The van der Waals surface area contributed by atoms with E-state index in [2.05, 4.69) is 42.2 Å². The molecule has 1 aliphatic carbocycles. The Morgan fingerprint density at radius 3 is 2.80 bits per heavy atom. The first-order valence-corrected chi connectivity index (χ1v) is 12.2. The van der Waals surface area contributed by atoms with E-state index in [1.54, 1.807) is 29.2 Å². The van der Waals surface area contributed by atoms with E-state index in [1.807, 2.05) is 18.2 Å². The SMILES string of the molecule is O=c1[nH]c(CSc2nnc(Cc3cccs3)n2C2CCCCC2)nc2ccccc12. The maximum atomic E-state index is 12.4. The van der Waals surface area contributed by atoms with Crippen molar-refractivity contribution in [2.45, 2.75) is 55.5 Å². The Labute approximate surface area is 182 Å². The largest absolute Gasteiger partial charge is 0.309 e. The number of hydrogen-bond acceptors (Lipinski definition) is 6. The van der Waals surface area contributed by atoms with Crippen LogP contribution in [0.2, 0.25) is 0 Å².